The van der Waals surface area contributed by atoms with Gasteiger partial charge in [-0.3, -0.25) is 9.52 Å². The Labute approximate surface area is 173 Å². The molecule has 0 aliphatic heterocycles. The Morgan fingerprint density at radius 2 is 1.55 bits per heavy atom. The van der Waals surface area contributed by atoms with E-state index in [1.54, 1.807) is 42.5 Å². The number of hydrogen-bond acceptors (Lipinski definition) is 5. The molecule has 0 aliphatic carbocycles. The highest BCUT2D eigenvalue weighted by molar-refractivity contribution is 7.92. The average Bonchev–Trinajstić information content (AvgIpc) is 2.73. The zero-order valence-electron chi connectivity index (χ0n) is 15.3. The Morgan fingerprint density at radius 3 is 2.24 bits per heavy atom. The zero-order chi connectivity index (χ0) is 21.0. The number of esters is 1. The number of anilines is 1. The van der Waals surface area contributed by atoms with E-state index >= 15 is 0 Å². The lowest BCUT2D eigenvalue weighted by molar-refractivity contribution is 0.0600. The van der Waals surface area contributed by atoms with Crippen molar-refractivity contribution < 1.29 is 22.7 Å². The number of methoxy groups -OCH3 is 1. The summed E-state index contributed by atoms with van der Waals surface area (Å²) < 4.78 is 32.8. The van der Waals surface area contributed by atoms with Crippen LogP contribution in [0, 0.1) is 0 Å². The molecule has 0 saturated carbocycles. The van der Waals surface area contributed by atoms with Crippen molar-refractivity contribution in [3.05, 3.63) is 94.5 Å². The topological polar surface area (TPSA) is 89.5 Å². The summed E-state index contributed by atoms with van der Waals surface area (Å²) in [6, 6.07) is 18.5. The van der Waals surface area contributed by atoms with Gasteiger partial charge in [-0.25, -0.2) is 13.2 Å². The van der Waals surface area contributed by atoms with Crippen molar-refractivity contribution in [2.45, 2.75) is 4.90 Å². The minimum Gasteiger partial charge on any atom is -0.465 e. The maximum atomic E-state index is 12.9. The van der Waals surface area contributed by atoms with Crippen LogP contribution >= 0.6 is 11.6 Å². The van der Waals surface area contributed by atoms with Crippen molar-refractivity contribution in [1.29, 1.82) is 0 Å². The van der Waals surface area contributed by atoms with Gasteiger partial charge in [-0.1, -0.05) is 54.1 Å². The van der Waals surface area contributed by atoms with Gasteiger partial charge in [0.05, 0.1) is 28.3 Å². The fraction of sp³-hybridized carbons (Fsp3) is 0.0476. The molecule has 0 saturated heterocycles. The third-order valence-corrected chi connectivity index (χ3v) is 5.80. The van der Waals surface area contributed by atoms with Gasteiger partial charge in [0.1, 0.15) is 0 Å². The monoisotopic (exact) mass is 429 g/mol. The van der Waals surface area contributed by atoms with E-state index in [0.717, 1.165) is 6.07 Å². The fourth-order valence-corrected chi connectivity index (χ4v) is 3.96. The van der Waals surface area contributed by atoms with Gasteiger partial charge in [0, 0.05) is 11.1 Å². The van der Waals surface area contributed by atoms with Crippen molar-refractivity contribution in [3.63, 3.8) is 0 Å². The molecule has 0 radical (unpaired) electrons. The Hall–Kier alpha value is -3.16. The van der Waals surface area contributed by atoms with E-state index < -0.39 is 16.0 Å². The summed E-state index contributed by atoms with van der Waals surface area (Å²) in [4.78, 5) is 24.4. The molecule has 0 amide bonds. The van der Waals surface area contributed by atoms with Gasteiger partial charge in [0.15, 0.2) is 5.78 Å². The van der Waals surface area contributed by atoms with E-state index in [4.69, 9.17) is 11.6 Å². The largest absolute Gasteiger partial charge is 0.465 e. The summed E-state index contributed by atoms with van der Waals surface area (Å²) in [5, 5.41) is 0.0652. The van der Waals surface area contributed by atoms with E-state index in [2.05, 4.69) is 9.46 Å². The third-order valence-electron chi connectivity index (χ3n) is 4.11. The number of para-hydroxylation sites is 1. The SMILES string of the molecule is COC(=O)c1cc(S(=O)(=O)Nc2ccccc2C(=O)c2ccccc2)ccc1Cl. The van der Waals surface area contributed by atoms with Crippen LogP contribution in [0.25, 0.3) is 0 Å². The molecule has 1 N–H and O–H groups in total. The molecule has 0 unspecified atom stereocenters. The lowest BCUT2D eigenvalue weighted by atomic mass is 10.0. The number of carbonyl (C=O) groups excluding carboxylic acids is 2. The quantitative estimate of drug-likeness (QED) is 0.469. The molecule has 29 heavy (non-hydrogen) atoms. The molecule has 148 valence electrons. The van der Waals surface area contributed by atoms with Crippen LogP contribution in [-0.4, -0.2) is 27.3 Å². The molecule has 0 heterocycles. The van der Waals surface area contributed by atoms with E-state index in [0.29, 0.717) is 5.56 Å². The molecular weight excluding hydrogens is 414 g/mol. The predicted octanol–water partition coefficient (Wildman–Crippen LogP) is 4.16. The average molecular weight is 430 g/mol. The standard InChI is InChI=1S/C21H16ClNO5S/c1-28-21(25)17-13-15(11-12-18(17)22)29(26,27)23-19-10-6-5-9-16(19)20(24)14-7-3-2-4-8-14/h2-13,23H,1H3. The molecule has 0 aromatic heterocycles. The first kappa shape index (κ1) is 20.6. The summed E-state index contributed by atoms with van der Waals surface area (Å²) in [7, 11) is -2.93. The molecule has 6 nitrogen and oxygen atoms in total. The van der Waals surface area contributed by atoms with E-state index in [-0.39, 0.29) is 32.5 Å². The highest BCUT2D eigenvalue weighted by Crippen LogP contribution is 2.25. The number of ketones is 1. The molecule has 0 bridgehead atoms. The van der Waals surface area contributed by atoms with Crippen molar-refractivity contribution in [2.24, 2.45) is 0 Å². The van der Waals surface area contributed by atoms with Crippen molar-refractivity contribution in [3.8, 4) is 0 Å². The van der Waals surface area contributed by atoms with Gasteiger partial charge in [-0.15, -0.1) is 0 Å². The summed E-state index contributed by atoms with van der Waals surface area (Å²) in [5.74, 6) is -1.08. The first-order valence-electron chi connectivity index (χ1n) is 8.43. The normalized spacial score (nSPS) is 11.0. The van der Waals surface area contributed by atoms with Crippen LogP contribution in [-0.2, 0) is 14.8 Å². The van der Waals surface area contributed by atoms with Crippen LogP contribution in [0.3, 0.4) is 0 Å². The number of halogens is 1. The lowest BCUT2D eigenvalue weighted by Crippen LogP contribution is -2.16. The second-order valence-corrected chi connectivity index (χ2v) is 8.07. The number of sulfonamides is 1. The first-order valence-corrected chi connectivity index (χ1v) is 10.3. The van der Waals surface area contributed by atoms with Crippen molar-refractivity contribution in [1.82, 2.24) is 0 Å². The molecule has 0 fully saturated rings. The van der Waals surface area contributed by atoms with Gasteiger partial charge in [0.2, 0.25) is 0 Å². The molecule has 0 spiro atoms. The van der Waals surface area contributed by atoms with Crippen molar-refractivity contribution >= 4 is 39.1 Å². The Kier molecular flexibility index (Phi) is 6.00. The van der Waals surface area contributed by atoms with Crippen LogP contribution in [0.2, 0.25) is 5.02 Å². The summed E-state index contributed by atoms with van der Waals surface area (Å²) in [5.41, 5.74) is 0.671. The molecule has 0 atom stereocenters. The molecule has 3 aromatic rings. The Balaban J connectivity index is 1.99. The molecule has 3 rings (SSSR count). The minimum atomic E-state index is -4.10. The molecule has 8 heteroatoms. The van der Waals surface area contributed by atoms with Crippen LogP contribution in [0.5, 0.6) is 0 Å². The molecule has 3 aromatic carbocycles. The van der Waals surface area contributed by atoms with E-state index in [9.17, 15) is 18.0 Å². The Bertz CT molecular complexity index is 1180. The number of nitrogens with one attached hydrogen (secondary N) is 1. The highest BCUT2D eigenvalue weighted by atomic mass is 35.5. The minimum absolute atomic E-state index is 0.0652. The van der Waals surface area contributed by atoms with Gasteiger partial charge >= 0.3 is 5.97 Å². The Morgan fingerprint density at radius 1 is 0.897 bits per heavy atom. The number of hydrogen-bond donors (Lipinski definition) is 1. The smallest absolute Gasteiger partial charge is 0.339 e. The third kappa shape index (κ3) is 4.47. The fourth-order valence-electron chi connectivity index (χ4n) is 2.66. The zero-order valence-corrected chi connectivity index (χ0v) is 16.8. The predicted molar refractivity (Wildman–Crippen MR) is 110 cm³/mol. The lowest BCUT2D eigenvalue weighted by Gasteiger charge is -2.13. The summed E-state index contributed by atoms with van der Waals surface area (Å²) >= 11 is 5.95. The number of ether oxygens (including phenoxy) is 1. The van der Waals surface area contributed by atoms with E-state index in [1.165, 1.54) is 31.4 Å². The molecule has 0 aliphatic rings. The molecular formula is C21H16ClNO5S. The van der Waals surface area contributed by atoms with Gasteiger partial charge in [-0.2, -0.15) is 0 Å². The van der Waals surface area contributed by atoms with Gasteiger partial charge in [-0.05, 0) is 30.3 Å². The summed E-state index contributed by atoms with van der Waals surface area (Å²) in [6.07, 6.45) is 0. The first-order chi connectivity index (χ1) is 13.8. The van der Waals surface area contributed by atoms with Gasteiger partial charge < -0.3 is 4.74 Å². The number of carbonyl (C=O) groups is 2. The maximum Gasteiger partial charge on any atom is 0.339 e. The number of benzene rings is 3. The van der Waals surface area contributed by atoms with Crippen LogP contribution in [0.4, 0.5) is 5.69 Å². The maximum absolute atomic E-state index is 12.9. The van der Waals surface area contributed by atoms with Gasteiger partial charge in [0.25, 0.3) is 10.0 Å². The number of rotatable bonds is 6. The second-order valence-electron chi connectivity index (χ2n) is 5.98. The van der Waals surface area contributed by atoms with Crippen LogP contribution in [0.15, 0.2) is 77.7 Å². The van der Waals surface area contributed by atoms with Crippen LogP contribution < -0.4 is 4.72 Å². The van der Waals surface area contributed by atoms with E-state index in [1.807, 2.05) is 0 Å². The highest BCUT2D eigenvalue weighted by Gasteiger charge is 2.22. The second kappa shape index (κ2) is 8.46. The summed E-state index contributed by atoms with van der Waals surface area (Å²) in [6.45, 7) is 0. The van der Waals surface area contributed by atoms with Crippen LogP contribution in [0.1, 0.15) is 26.3 Å². The van der Waals surface area contributed by atoms with Crippen molar-refractivity contribution in [2.75, 3.05) is 11.8 Å².